The molecule has 0 radical (unpaired) electrons. The summed E-state index contributed by atoms with van der Waals surface area (Å²) in [5.74, 6) is 1.45. The fraction of sp³-hybridized carbons (Fsp3) is 0.421. The minimum absolute atomic E-state index is 0.131. The number of nitrogens with zero attached hydrogens (tertiary/aromatic N) is 4. The van der Waals surface area contributed by atoms with Crippen LogP contribution < -0.4 is 0 Å². The summed E-state index contributed by atoms with van der Waals surface area (Å²) in [5.41, 5.74) is 2.92. The molecule has 1 fully saturated rings. The highest BCUT2D eigenvalue weighted by molar-refractivity contribution is 5.62. The number of hydrogen-bond acceptors (Lipinski definition) is 5. The van der Waals surface area contributed by atoms with E-state index in [1.165, 1.54) is 12.1 Å². The molecule has 136 valence electrons. The summed E-state index contributed by atoms with van der Waals surface area (Å²) < 4.78 is 18.7. The molecule has 4 rings (SSSR count). The van der Waals surface area contributed by atoms with Gasteiger partial charge in [-0.1, -0.05) is 19.0 Å². The molecule has 1 saturated heterocycles. The molecule has 0 unspecified atom stereocenters. The molecule has 7 heteroatoms. The van der Waals surface area contributed by atoms with Crippen LogP contribution in [0.5, 0.6) is 0 Å². The molecule has 1 aliphatic rings. The predicted octanol–water partition coefficient (Wildman–Crippen LogP) is 4.06. The van der Waals surface area contributed by atoms with E-state index in [0.717, 1.165) is 48.6 Å². The Kier molecular flexibility index (Phi) is 4.55. The number of H-pyrrole nitrogens is 1. The average Bonchev–Trinajstić information content (AvgIpc) is 3.35. The fourth-order valence-corrected chi connectivity index (χ4v) is 3.43. The maximum absolute atomic E-state index is 13.2. The molecule has 0 aliphatic carbocycles. The first-order valence-electron chi connectivity index (χ1n) is 8.97. The van der Waals surface area contributed by atoms with Gasteiger partial charge in [0.2, 0.25) is 5.89 Å². The van der Waals surface area contributed by atoms with Crippen molar-refractivity contribution in [2.75, 3.05) is 6.54 Å². The third kappa shape index (κ3) is 3.26. The van der Waals surface area contributed by atoms with Gasteiger partial charge in [-0.3, -0.25) is 10.00 Å². The summed E-state index contributed by atoms with van der Waals surface area (Å²) >= 11 is 0. The quantitative estimate of drug-likeness (QED) is 0.747. The molecule has 0 spiro atoms. The van der Waals surface area contributed by atoms with Gasteiger partial charge in [0.05, 0.1) is 17.9 Å². The van der Waals surface area contributed by atoms with E-state index < -0.39 is 0 Å². The van der Waals surface area contributed by atoms with Gasteiger partial charge in [-0.05, 0) is 43.7 Å². The Labute approximate surface area is 151 Å². The second-order valence-corrected chi connectivity index (χ2v) is 7.05. The van der Waals surface area contributed by atoms with E-state index >= 15 is 0 Å². The number of benzene rings is 1. The molecule has 1 aliphatic heterocycles. The molecule has 1 atom stereocenters. The maximum atomic E-state index is 13.2. The molecule has 6 nitrogen and oxygen atoms in total. The lowest BCUT2D eigenvalue weighted by Gasteiger charge is -2.21. The number of aromatic amines is 1. The topological polar surface area (TPSA) is 70.8 Å². The third-order valence-electron chi connectivity index (χ3n) is 4.85. The lowest BCUT2D eigenvalue weighted by Crippen LogP contribution is -2.23. The van der Waals surface area contributed by atoms with Gasteiger partial charge in [-0.15, -0.1) is 0 Å². The summed E-state index contributed by atoms with van der Waals surface area (Å²) in [6, 6.07) is 6.59. The number of hydrogen-bond donors (Lipinski definition) is 1. The molecule has 2 aromatic heterocycles. The lowest BCUT2D eigenvalue weighted by atomic mass is 10.1. The molecule has 3 aromatic rings. The van der Waals surface area contributed by atoms with E-state index in [0.29, 0.717) is 5.89 Å². The van der Waals surface area contributed by atoms with Gasteiger partial charge in [-0.2, -0.15) is 10.1 Å². The van der Waals surface area contributed by atoms with Crippen LogP contribution in [0, 0.1) is 5.82 Å². The first kappa shape index (κ1) is 16.9. The van der Waals surface area contributed by atoms with Crippen LogP contribution in [0.1, 0.15) is 55.9 Å². The van der Waals surface area contributed by atoms with Crippen LogP contribution in [0.15, 0.2) is 35.0 Å². The zero-order valence-corrected chi connectivity index (χ0v) is 14.9. The van der Waals surface area contributed by atoms with Gasteiger partial charge in [0.15, 0.2) is 5.82 Å². The zero-order valence-electron chi connectivity index (χ0n) is 14.9. The molecular weight excluding hydrogens is 333 g/mol. The van der Waals surface area contributed by atoms with E-state index in [9.17, 15) is 4.39 Å². The zero-order chi connectivity index (χ0) is 18.1. The normalized spacial score (nSPS) is 18.1. The first-order chi connectivity index (χ1) is 12.6. The van der Waals surface area contributed by atoms with Crippen LogP contribution in [0.4, 0.5) is 4.39 Å². The standard InChI is InChI=1S/C19H22FN5O/c1-12(2)18-22-19(26-24-18)16-4-3-9-25(16)11-14-10-21-23-17(14)13-5-7-15(20)8-6-13/h5-8,10,12,16H,3-4,9,11H2,1-2H3,(H,21,23)/t16-/m0/s1. The van der Waals surface area contributed by atoms with Crippen molar-refractivity contribution in [1.82, 2.24) is 25.2 Å². The van der Waals surface area contributed by atoms with Crippen LogP contribution in [0.3, 0.4) is 0 Å². The van der Waals surface area contributed by atoms with Crippen molar-refractivity contribution in [2.24, 2.45) is 0 Å². The number of likely N-dealkylation sites (tertiary alicyclic amines) is 1. The van der Waals surface area contributed by atoms with Crippen LogP contribution >= 0.6 is 0 Å². The molecular formula is C19H22FN5O. The van der Waals surface area contributed by atoms with Gasteiger partial charge in [-0.25, -0.2) is 4.39 Å². The minimum Gasteiger partial charge on any atom is -0.338 e. The Morgan fingerprint density at radius 3 is 2.85 bits per heavy atom. The second kappa shape index (κ2) is 6.99. The monoisotopic (exact) mass is 355 g/mol. The summed E-state index contributed by atoms with van der Waals surface area (Å²) in [6.07, 6.45) is 3.93. The van der Waals surface area contributed by atoms with Crippen LogP contribution in [0.25, 0.3) is 11.3 Å². The van der Waals surface area contributed by atoms with Crippen molar-refractivity contribution in [3.05, 3.63) is 53.6 Å². The van der Waals surface area contributed by atoms with E-state index in [2.05, 4.69) is 39.1 Å². The highest BCUT2D eigenvalue weighted by Gasteiger charge is 2.31. The van der Waals surface area contributed by atoms with Gasteiger partial charge < -0.3 is 4.52 Å². The van der Waals surface area contributed by atoms with Crippen molar-refractivity contribution in [2.45, 2.75) is 45.2 Å². The molecule has 26 heavy (non-hydrogen) atoms. The van der Waals surface area contributed by atoms with Crippen LogP contribution in [-0.4, -0.2) is 31.8 Å². The Balaban J connectivity index is 1.55. The fourth-order valence-electron chi connectivity index (χ4n) is 3.43. The van der Waals surface area contributed by atoms with E-state index in [1.54, 1.807) is 12.1 Å². The third-order valence-corrected chi connectivity index (χ3v) is 4.85. The van der Waals surface area contributed by atoms with Gasteiger partial charge in [0.1, 0.15) is 5.82 Å². The number of nitrogens with one attached hydrogen (secondary N) is 1. The summed E-state index contributed by atoms with van der Waals surface area (Å²) in [6.45, 7) is 5.81. The Morgan fingerprint density at radius 2 is 2.12 bits per heavy atom. The summed E-state index contributed by atoms with van der Waals surface area (Å²) in [4.78, 5) is 6.92. The van der Waals surface area contributed by atoms with Gasteiger partial charge in [0.25, 0.3) is 0 Å². The Morgan fingerprint density at radius 1 is 1.31 bits per heavy atom. The Bertz CT molecular complexity index is 870. The number of halogens is 1. The van der Waals surface area contributed by atoms with Crippen molar-refractivity contribution in [3.8, 4) is 11.3 Å². The van der Waals surface area contributed by atoms with Crippen molar-refractivity contribution < 1.29 is 8.91 Å². The number of aromatic nitrogens is 4. The Hall–Kier alpha value is -2.54. The lowest BCUT2D eigenvalue weighted by molar-refractivity contribution is 0.201. The van der Waals surface area contributed by atoms with Crippen LogP contribution in [0.2, 0.25) is 0 Å². The second-order valence-electron chi connectivity index (χ2n) is 7.05. The molecule has 0 saturated carbocycles. The van der Waals surface area contributed by atoms with E-state index in [1.807, 2.05) is 6.20 Å². The van der Waals surface area contributed by atoms with Crippen molar-refractivity contribution >= 4 is 0 Å². The highest BCUT2D eigenvalue weighted by Crippen LogP contribution is 2.34. The highest BCUT2D eigenvalue weighted by atomic mass is 19.1. The van der Waals surface area contributed by atoms with Crippen molar-refractivity contribution in [1.29, 1.82) is 0 Å². The smallest absolute Gasteiger partial charge is 0.244 e. The molecule has 0 amide bonds. The number of rotatable bonds is 5. The summed E-state index contributed by atoms with van der Waals surface area (Å²) in [7, 11) is 0. The maximum Gasteiger partial charge on any atom is 0.244 e. The molecule has 1 aromatic carbocycles. The van der Waals surface area contributed by atoms with Gasteiger partial charge >= 0.3 is 0 Å². The SMILES string of the molecule is CC(C)c1noc([C@@H]2CCCN2Cc2cn[nH]c2-c2ccc(F)cc2)n1. The van der Waals surface area contributed by atoms with Crippen molar-refractivity contribution in [3.63, 3.8) is 0 Å². The van der Waals surface area contributed by atoms with E-state index in [-0.39, 0.29) is 17.8 Å². The van der Waals surface area contributed by atoms with Gasteiger partial charge in [0, 0.05) is 23.6 Å². The average molecular weight is 355 g/mol. The molecule has 3 heterocycles. The minimum atomic E-state index is -0.244. The summed E-state index contributed by atoms with van der Waals surface area (Å²) in [5, 5.41) is 11.3. The predicted molar refractivity (Wildman–Crippen MR) is 94.8 cm³/mol. The molecule has 1 N–H and O–H groups in total. The largest absolute Gasteiger partial charge is 0.338 e. The van der Waals surface area contributed by atoms with Crippen LogP contribution in [-0.2, 0) is 6.54 Å². The molecule has 0 bridgehead atoms. The van der Waals surface area contributed by atoms with E-state index in [4.69, 9.17) is 4.52 Å². The first-order valence-corrected chi connectivity index (χ1v) is 8.97.